The first-order valence-electron chi connectivity index (χ1n) is 6.03. The van der Waals surface area contributed by atoms with Gasteiger partial charge < -0.3 is 10.2 Å². The first kappa shape index (κ1) is 12.5. The molecule has 1 aliphatic heterocycles. The average Bonchev–Trinajstić information content (AvgIpc) is 2.56. The van der Waals surface area contributed by atoms with Crippen LogP contribution in [0, 0.1) is 11.8 Å². The van der Waals surface area contributed by atoms with Crippen molar-refractivity contribution in [2.24, 2.45) is 11.8 Å². The van der Waals surface area contributed by atoms with Crippen molar-refractivity contribution >= 4 is 5.91 Å². The third-order valence-electron chi connectivity index (χ3n) is 3.53. The van der Waals surface area contributed by atoms with Crippen LogP contribution in [0.25, 0.3) is 0 Å². The summed E-state index contributed by atoms with van der Waals surface area (Å²) in [7, 11) is 1.97. The van der Waals surface area contributed by atoms with Gasteiger partial charge in [-0.3, -0.25) is 4.79 Å². The van der Waals surface area contributed by atoms with Gasteiger partial charge in [0.1, 0.15) is 0 Å². The molecule has 0 aromatic heterocycles. The second-order valence-electron chi connectivity index (χ2n) is 4.90. The van der Waals surface area contributed by atoms with Crippen LogP contribution in [0.15, 0.2) is 0 Å². The van der Waals surface area contributed by atoms with Gasteiger partial charge in [0.05, 0.1) is 0 Å². The molecule has 0 radical (unpaired) electrons. The fraction of sp³-hybridized carbons (Fsp3) is 0.917. The summed E-state index contributed by atoms with van der Waals surface area (Å²) in [5, 5.41) is 3.25. The highest BCUT2D eigenvalue weighted by Crippen LogP contribution is 2.24. The van der Waals surface area contributed by atoms with Crippen LogP contribution in [0.5, 0.6) is 0 Å². The van der Waals surface area contributed by atoms with Crippen molar-refractivity contribution < 1.29 is 4.79 Å². The Morgan fingerprint density at radius 2 is 2.20 bits per heavy atom. The molecule has 1 aliphatic rings. The molecule has 88 valence electrons. The Morgan fingerprint density at radius 1 is 1.53 bits per heavy atom. The Balaban J connectivity index is 2.46. The molecule has 0 saturated carbocycles. The standard InChI is InChI=1S/C12H24N2O/c1-5-11(13-4)8-14-7-10(9(2)3)6-12(14)15/h9-11,13H,5-8H2,1-4H3. The number of likely N-dealkylation sites (N-methyl/N-ethyl adjacent to an activating group) is 1. The van der Waals surface area contributed by atoms with E-state index in [9.17, 15) is 4.79 Å². The number of hydrogen-bond acceptors (Lipinski definition) is 2. The van der Waals surface area contributed by atoms with E-state index in [0.29, 0.717) is 23.8 Å². The first-order chi connectivity index (χ1) is 7.08. The number of carbonyl (C=O) groups excluding carboxylic acids is 1. The van der Waals surface area contributed by atoms with Crippen molar-refractivity contribution in [2.45, 2.75) is 39.7 Å². The SMILES string of the molecule is CCC(CN1CC(C(C)C)CC1=O)NC. The molecule has 1 fully saturated rings. The highest BCUT2D eigenvalue weighted by Gasteiger charge is 2.31. The molecule has 2 unspecified atom stereocenters. The summed E-state index contributed by atoms with van der Waals surface area (Å²) < 4.78 is 0. The number of amides is 1. The van der Waals surface area contributed by atoms with Crippen LogP contribution in [0.4, 0.5) is 0 Å². The molecule has 15 heavy (non-hydrogen) atoms. The molecule has 1 N–H and O–H groups in total. The fourth-order valence-corrected chi connectivity index (χ4v) is 2.12. The lowest BCUT2D eigenvalue weighted by molar-refractivity contribution is -0.128. The molecule has 0 aromatic carbocycles. The molecule has 1 saturated heterocycles. The van der Waals surface area contributed by atoms with E-state index in [1.54, 1.807) is 0 Å². The van der Waals surface area contributed by atoms with Gasteiger partial charge in [0, 0.05) is 25.6 Å². The van der Waals surface area contributed by atoms with E-state index in [1.807, 2.05) is 11.9 Å². The minimum absolute atomic E-state index is 0.336. The van der Waals surface area contributed by atoms with Crippen LogP contribution >= 0.6 is 0 Å². The molecule has 3 nitrogen and oxygen atoms in total. The third-order valence-corrected chi connectivity index (χ3v) is 3.53. The maximum absolute atomic E-state index is 11.8. The number of likely N-dealkylation sites (tertiary alicyclic amines) is 1. The minimum Gasteiger partial charge on any atom is -0.341 e. The monoisotopic (exact) mass is 212 g/mol. The highest BCUT2D eigenvalue weighted by atomic mass is 16.2. The van der Waals surface area contributed by atoms with Gasteiger partial charge in [-0.1, -0.05) is 20.8 Å². The predicted molar refractivity (Wildman–Crippen MR) is 62.7 cm³/mol. The van der Waals surface area contributed by atoms with Crippen LogP contribution in [0.3, 0.4) is 0 Å². The summed E-state index contributed by atoms with van der Waals surface area (Å²) >= 11 is 0. The molecule has 1 heterocycles. The zero-order chi connectivity index (χ0) is 11.4. The van der Waals surface area contributed by atoms with Gasteiger partial charge in [-0.15, -0.1) is 0 Å². The summed E-state index contributed by atoms with van der Waals surface area (Å²) in [4.78, 5) is 13.8. The Kier molecular flexibility index (Phi) is 4.58. The molecular weight excluding hydrogens is 188 g/mol. The van der Waals surface area contributed by atoms with Crippen molar-refractivity contribution in [2.75, 3.05) is 20.1 Å². The zero-order valence-corrected chi connectivity index (χ0v) is 10.4. The molecule has 0 aromatic rings. The second kappa shape index (κ2) is 5.50. The van der Waals surface area contributed by atoms with Crippen molar-refractivity contribution in [3.63, 3.8) is 0 Å². The van der Waals surface area contributed by atoms with Crippen molar-refractivity contribution in [3.05, 3.63) is 0 Å². The second-order valence-corrected chi connectivity index (χ2v) is 4.90. The van der Waals surface area contributed by atoms with Crippen LogP contribution in [0.2, 0.25) is 0 Å². The van der Waals surface area contributed by atoms with E-state index in [4.69, 9.17) is 0 Å². The van der Waals surface area contributed by atoms with Crippen molar-refractivity contribution in [1.82, 2.24) is 10.2 Å². The van der Waals surface area contributed by atoms with Gasteiger partial charge >= 0.3 is 0 Å². The van der Waals surface area contributed by atoms with E-state index in [-0.39, 0.29) is 0 Å². The van der Waals surface area contributed by atoms with E-state index in [1.165, 1.54) is 0 Å². The van der Waals surface area contributed by atoms with Crippen LogP contribution in [-0.4, -0.2) is 37.0 Å². The molecule has 0 aliphatic carbocycles. The zero-order valence-electron chi connectivity index (χ0n) is 10.4. The molecule has 1 rings (SSSR count). The lowest BCUT2D eigenvalue weighted by atomic mass is 9.95. The van der Waals surface area contributed by atoms with E-state index >= 15 is 0 Å². The Morgan fingerprint density at radius 3 is 2.60 bits per heavy atom. The maximum atomic E-state index is 11.8. The average molecular weight is 212 g/mol. The first-order valence-corrected chi connectivity index (χ1v) is 6.03. The largest absolute Gasteiger partial charge is 0.341 e. The van der Waals surface area contributed by atoms with E-state index in [2.05, 4.69) is 26.1 Å². The Labute approximate surface area is 93.2 Å². The van der Waals surface area contributed by atoms with Gasteiger partial charge in [0.15, 0.2) is 0 Å². The number of nitrogens with one attached hydrogen (secondary N) is 1. The van der Waals surface area contributed by atoms with Crippen molar-refractivity contribution in [1.29, 1.82) is 0 Å². The minimum atomic E-state index is 0.336. The van der Waals surface area contributed by atoms with Gasteiger partial charge in [0.25, 0.3) is 0 Å². The summed E-state index contributed by atoms with van der Waals surface area (Å²) in [6.07, 6.45) is 1.82. The van der Waals surface area contributed by atoms with E-state index in [0.717, 1.165) is 25.9 Å². The molecular formula is C12H24N2O. The van der Waals surface area contributed by atoms with Crippen molar-refractivity contribution in [3.8, 4) is 0 Å². The summed E-state index contributed by atoms with van der Waals surface area (Å²) in [6, 6.07) is 0.444. The Bertz CT molecular complexity index is 212. The maximum Gasteiger partial charge on any atom is 0.222 e. The number of nitrogens with zero attached hydrogens (tertiary/aromatic N) is 1. The van der Waals surface area contributed by atoms with Gasteiger partial charge in [0.2, 0.25) is 5.91 Å². The lowest BCUT2D eigenvalue weighted by Gasteiger charge is -2.23. The predicted octanol–water partition coefficient (Wildman–Crippen LogP) is 1.49. The molecule has 0 bridgehead atoms. The third kappa shape index (κ3) is 3.20. The van der Waals surface area contributed by atoms with Gasteiger partial charge in [-0.05, 0) is 25.3 Å². The number of hydrogen-bond donors (Lipinski definition) is 1. The molecule has 3 heteroatoms. The van der Waals surface area contributed by atoms with Crippen LogP contribution < -0.4 is 5.32 Å². The summed E-state index contributed by atoms with van der Waals surface area (Å²) in [5.74, 6) is 1.52. The van der Waals surface area contributed by atoms with Crippen LogP contribution in [0.1, 0.15) is 33.6 Å². The molecule has 1 amide bonds. The smallest absolute Gasteiger partial charge is 0.222 e. The molecule has 2 atom stereocenters. The van der Waals surface area contributed by atoms with E-state index < -0.39 is 0 Å². The van der Waals surface area contributed by atoms with Crippen LogP contribution in [-0.2, 0) is 4.79 Å². The Hall–Kier alpha value is -0.570. The number of rotatable bonds is 5. The topological polar surface area (TPSA) is 32.3 Å². The lowest BCUT2D eigenvalue weighted by Crippen LogP contribution is -2.40. The van der Waals surface area contributed by atoms with Gasteiger partial charge in [-0.25, -0.2) is 0 Å². The fourth-order valence-electron chi connectivity index (χ4n) is 2.12. The quantitative estimate of drug-likeness (QED) is 0.749. The molecule has 0 spiro atoms. The number of carbonyl (C=O) groups is 1. The highest BCUT2D eigenvalue weighted by molar-refractivity contribution is 5.78. The normalized spacial score (nSPS) is 23.9. The van der Waals surface area contributed by atoms with Gasteiger partial charge in [-0.2, -0.15) is 0 Å². The summed E-state index contributed by atoms with van der Waals surface area (Å²) in [5.41, 5.74) is 0. The summed E-state index contributed by atoms with van der Waals surface area (Å²) in [6.45, 7) is 8.39.